The van der Waals surface area contributed by atoms with Crippen molar-refractivity contribution in [3.63, 3.8) is 0 Å². The first-order valence-corrected chi connectivity index (χ1v) is 5.42. The van der Waals surface area contributed by atoms with Crippen LogP contribution in [-0.2, 0) is 4.79 Å². The number of rotatable bonds is 3. The standard InChI is InChI=1S/C13H11F2NO/c1-7-2-11(7)13(17)12(6-16)8-3-9(14)5-10(15)4-8/h3-5,7,11-12H,2H2,1H3. The zero-order valence-corrected chi connectivity index (χ0v) is 9.28. The van der Waals surface area contributed by atoms with Crippen LogP contribution in [0.25, 0.3) is 0 Å². The van der Waals surface area contributed by atoms with Gasteiger partial charge in [-0.15, -0.1) is 0 Å². The molecule has 0 aromatic heterocycles. The molecule has 1 aliphatic rings. The lowest BCUT2D eigenvalue weighted by atomic mass is 9.93. The van der Waals surface area contributed by atoms with Crippen LogP contribution in [0.5, 0.6) is 0 Å². The van der Waals surface area contributed by atoms with Crippen LogP contribution in [0.2, 0.25) is 0 Å². The Morgan fingerprint density at radius 1 is 1.41 bits per heavy atom. The van der Waals surface area contributed by atoms with Gasteiger partial charge in [-0.1, -0.05) is 6.92 Å². The van der Waals surface area contributed by atoms with Crippen LogP contribution < -0.4 is 0 Å². The van der Waals surface area contributed by atoms with Gasteiger partial charge in [-0.2, -0.15) is 5.26 Å². The minimum absolute atomic E-state index is 0.106. The topological polar surface area (TPSA) is 40.9 Å². The van der Waals surface area contributed by atoms with E-state index in [-0.39, 0.29) is 23.2 Å². The smallest absolute Gasteiger partial charge is 0.157 e. The van der Waals surface area contributed by atoms with E-state index in [0.717, 1.165) is 24.6 Å². The summed E-state index contributed by atoms with van der Waals surface area (Å²) in [6, 6.07) is 4.64. The SMILES string of the molecule is CC1CC1C(=O)C(C#N)c1cc(F)cc(F)c1. The number of halogens is 2. The minimum Gasteiger partial charge on any atom is -0.298 e. The van der Waals surface area contributed by atoms with Crippen molar-refractivity contribution in [2.75, 3.05) is 0 Å². The molecule has 1 aliphatic carbocycles. The second-order valence-electron chi connectivity index (χ2n) is 4.49. The summed E-state index contributed by atoms with van der Waals surface area (Å²) in [5.41, 5.74) is 0.106. The third-order valence-electron chi connectivity index (χ3n) is 3.11. The van der Waals surface area contributed by atoms with Crippen molar-refractivity contribution in [3.8, 4) is 6.07 Å². The fourth-order valence-corrected chi connectivity index (χ4v) is 1.98. The Hall–Kier alpha value is -1.76. The van der Waals surface area contributed by atoms with E-state index in [2.05, 4.69) is 0 Å². The molecular weight excluding hydrogens is 224 g/mol. The molecule has 88 valence electrons. The molecule has 0 spiro atoms. The van der Waals surface area contributed by atoms with Gasteiger partial charge >= 0.3 is 0 Å². The molecule has 0 radical (unpaired) electrons. The lowest BCUT2D eigenvalue weighted by Gasteiger charge is -2.08. The third kappa shape index (κ3) is 2.33. The van der Waals surface area contributed by atoms with E-state index >= 15 is 0 Å². The molecule has 0 amide bonds. The number of carbonyl (C=O) groups excluding carboxylic acids is 1. The molecule has 1 fully saturated rings. The first-order valence-electron chi connectivity index (χ1n) is 5.42. The molecule has 0 saturated heterocycles. The zero-order valence-electron chi connectivity index (χ0n) is 9.28. The highest BCUT2D eigenvalue weighted by Crippen LogP contribution is 2.42. The Labute approximate surface area is 97.9 Å². The summed E-state index contributed by atoms with van der Waals surface area (Å²) in [4.78, 5) is 11.9. The van der Waals surface area contributed by atoms with Gasteiger partial charge in [-0.05, 0) is 30.0 Å². The Morgan fingerprint density at radius 3 is 2.35 bits per heavy atom. The number of ketones is 1. The highest BCUT2D eigenvalue weighted by atomic mass is 19.1. The van der Waals surface area contributed by atoms with Crippen molar-refractivity contribution in [1.82, 2.24) is 0 Å². The molecule has 2 rings (SSSR count). The molecule has 17 heavy (non-hydrogen) atoms. The number of benzene rings is 1. The van der Waals surface area contributed by atoms with Crippen LogP contribution in [0.4, 0.5) is 8.78 Å². The number of carbonyl (C=O) groups is 1. The maximum atomic E-state index is 13.0. The first kappa shape index (κ1) is 11.7. The average molecular weight is 235 g/mol. The maximum Gasteiger partial charge on any atom is 0.157 e. The lowest BCUT2D eigenvalue weighted by molar-refractivity contribution is -0.120. The van der Waals surface area contributed by atoms with E-state index in [4.69, 9.17) is 5.26 Å². The maximum absolute atomic E-state index is 13.0. The molecule has 0 heterocycles. The fourth-order valence-electron chi connectivity index (χ4n) is 1.98. The summed E-state index contributed by atoms with van der Waals surface area (Å²) in [7, 11) is 0. The Kier molecular flexibility index (Phi) is 2.93. The van der Waals surface area contributed by atoms with Gasteiger partial charge in [0.2, 0.25) is 0 Å². The molecule has 0 aliphatic heterocycles. The van der Waals surface area contributed by atoms with Crippen molar-refractivity contribution in [2.45, 2.75) is 19.3 Å². The van der Waals surface area contributed by atoms with Crippen molar-refractivity contribution < 1.29 is 13.6 Å². The highest BCUT2D eigenvalue weighted by molar-refractivity contribution is 5.92. The number of nitrogens with zero attached hydrogens (tertiary/aromatic N) is 1. The second kappa shape index (κ2) is 4.25. The lowest BCUT2D eigenvalue weighted by Crippen LogP contribution is -2.14. The normalized spacial score (nSPS) is 23.9. The fraction of sp³-hybridized carbons (Fsp3) is 0.385. The van der Waals surface area contributed by atoms with Crippen molar-refractivity contribution in [3.05, 3.63) is 35.4 Å². The molecule has 1 saturated carbocycles. The average Bonchev–Trinajstić information content (AvgIpc) is 2.95. The first-order chi connectivity index (χ1) is 8.02. The van der Waals surface area contributed by atoms with E-state index in [1.165, 1.54) is 0 Å². The van der Waals surface area contributed by atoms with Crippen LogP contribution in [0.1, 0.15) is 24.8 Å². The van der Waals surface area contributed by atoms with Gasteiger partial charge in [0, 0.05) is 12.0 Å². The van der Waals surface area contributed by atoms with Crippen LogP contribution >= 0.6 is 0 Å². The number of hydrogen-bond acceptors (Lipinski definition) is 2. The van der Waals surface area contributed by atoms with Gasteiger partial charge in [0.1, 0.15) is 17.6 Å². The summed E-state index contributed by atoms with van der Waals surface area (Å²) in [5.74, 6) is -2.68. The van der Waals surface area contributed by atoms with Crippen molar-refractivity contribution in [1.29, 1.82) is 5.26 Å². The molecule has 1 aromatic carbocycles. The molecule has 3 unspecified atom stereocenters. The molecule has 4 heteroatoms. The van der Waals surface area contributed by atoms with Crippen LogP contribution in [0, 0.1) is 34.8 Å². The summed E-state index contributed by atoms with van der Waals surface area (Å²) in [6.07, 6.45) is 0.759. The Morgan fingerprint density at radius 2 is 1.94 bits per heavy atom. The number of Topliss-reactive ketones (excluding diaryl/α,β-unsaturated/α-hetero) is 1. The van der Waals surface area contributed by atoms with Gasteiger partial charge < -0.3 is 0 Å². The van der Waals surface area contributed by atoms with Crippen molar-refractivity contribution in [2.24, 2.45) is 11.8 Å². The Bertz CT molecular complexity index is 486. The minimum atomic E-state index is -1.06. The molecular formula is C13H11F2NO. The Balaban J connectivity index is 2.29. The van der Waals surface area contributed by atoms with Gasteiger partial charge in [0.15, 0.2) is 5.78 Å². The summed E-state index contributed by atoms with van der Waals surface area (Å²) in [6.45, 7) is 1.92. The molecule has 0 bridgehead atoms. The zero-order chi connectivity index (χ0) is 12.6. The van der Waals surface area contributed by atoms with Gasteiger partial charge in [0.25, 0.3) is 0 Å². The van der Waals surface area contributed by atoms with Crippen LogP contribution in [0.3, 0.4) is 0 Å². The molecule has 0 N–H and O–H groups in total. The van der Waals surface area contributed by atoms with Crippen LogP contribution in [0.15, 0.2) is 18.2 Å². The van der Waals surface area contributed by atoms with E-state index in [9.17, 15) is 13.6 Å². The van der Waals surface area contributed by atoms with Gasteiger partial charge in [0.05, 0.1) is 6.07 Å². The van der Waals surface area contributed by atoms with Crippen LogP contribution in [-0.4, -0.2) is 5.78 Å². The molecule has 2 nitrogen and oxygen atoms in total. The monoisotopic (exact) mass is 235 g/mol. The molecule has 1 aromatic rings. The highest BCUT2D eigenvalue weighted by Gasteiger charge is 2.42. The largest absolute Gasteiger partial charge is 0.298 e. The van der Waals surface area contributed by atoms with Crippen molar-refractivity contribution >= 4 is 5.78 Å². The predicted octanol–water partition coefficient (Wildman–Crippen LogP) is 2.80. The third-order valence-corrected chi connectivity index (χ3v) is 3.11. The predicted molar refractivity (Wildman–Crippen MR) is 57.0 cm³/mol. The van der Waals surface area contributed by atoms with Gasteiger partial charge in [-0.3, -0.25) is 4.79 Å². The summed E-state index contributed by atoms with van der Waals surface area (Å²) >= 11 is 0. The second-order valence-corrected chi connectivity index (χ2v) is 4.49. The number of hydrogen-bond donors (Lipinski definition) is 0. The molecule has 3 atom stereocenters. The summed E-state index contributed by atoms with van der Waals surface area (Å²) in [5, 5.41) is 8.98. The van der Waals surface area contributed by atoms with E-state index in [1.54, 1.807) is 0 Å². The quantitative estimate of drug-likeness (QED) is 0.808. The van der Waals surface area contributed by atoms with E-state index in [0.29, 0.717) is 0 Å². The van der Waals surface area contributed by atoms with E-state index < -0.39 is 17.6 Å². The van der Waals surface area contributed by atoms with E-state index in [1.807, 2.05) is 13.0 Å². The van der Waals surface area contributed by atoms with Gasteiger partial charge in [-0.25, -0.2) is 8.78 Å². The summed E-state index contributed by atoms with van der Waals surface area (Å²) < 4.78 is 26.0. The number of nitriles is 1.